The van der Waals surface area contributed by atoms with Crippen LogP contribution in [-0.4, -0.2) is 0 Å². The van der Waals surface area contributed by atoms with E-state index in [1.54, 1.807) is 25.7 Å². The summed E-state index contributed by atoms with van der Waals surface area (Å²) in [6, 6.07) is 0. The zero-order chi connectivity index (χ0) is 9.29. The molecule has 5 aliphatic carbocycles. The molecule has 76 valence electrons. The van der Waals surface area contributed by atoms with Gasteiger partial charge in [0.2, 0.25) is 0 Å². The SMILES string of the molecule is CC1(C2CC2)C2C1C1C2C1(C)C1CC1. The topological polar surface area (TPSA) is 0 Å². The predicted molar refractivity (Wildman–Crippen MR) is 55.6 cm³/mol. The van der Waals surface area contributed by atoms with Gasteiger partial charge in [-0.1, -0.05) is 13.8 Å². The molecule has 5 fully saturated rings. The Kier molecular flexibility index (Phi) is 0.845. The van der Waals surface area contributed by atoms with Crippen LogP contribution in [0.5, 0.6) is 0 Å². The van der Waals surface area contributed by atoms with E-state index in [9.17, 15) is 0 Å². The lowest BCUT2D eigenvalue weighted by atomic mass is 9.91. The first-order valence-electron chi connectivity index (χ1n) is 6.70. The van der Waals surface area contributed by atoms with Crippen LogP contribution in [0.15, 0.2) is 0 Å². The summed E-state index contributed by atoms with van der Waals surface area (Å²) in [5, 5.41) is 0. The normalized spacial score (nSPS) is 73.3. The van der Waals surface area contributed by atoms with Crippen molar-refractivity contribution in [2.45, 2.75) is 39.5 Å². The molecule has 0 heterocycles. The first-order valence-corrected chi connectivity index (χ1v) is 6.70. The summed E-state index contributed by atoms with van der Waals surface area (Å²) < 4.78 is 0. The van der Waals surface area contributed by atoms with Crippen molar-refractivity contribution in [1.29, 1.82) is 0 Å². The Labute approximate surface area is 86.5 Å². The van der Waals surface area contributed by atoms with Crippen LogP contribution in [0.2, 0.25) is 0 Å². The molecule has 0 nitrogen and oxygen atoms in total. The molecule has 0 atom stereocenters. The minimum atomic E-state index is 0.879. The maximum atomic E-state index is 2.62. The molecule has 0 aliphatic heterocycles. The van der Waals surface area contributed by atoms with Gasteiger partial charge in [0.1, 0.15) is 0 Å². The van der Waals surface area contributed by atoms with Crippen LogP contribution in [0.3, 0.4) is 0 Å². The summed E-state index contributed by atoms with van der Waals surface area (Å²) in [4.78, 5) is 0. The molecule has 5 saturated carbocycles. The summed E-state index contributed by atoms with van der Waals surface area (Å²) >= 11 is 0. The van der Waals surface area contributed by atoms with Crippen molar-refractivity contribution < 1.29 is 0 Å². The molecule has 0 aromatic heterocycles. The molecule has 14 heavy (non-hydrogen) atoms. The molecular formula is C14H20. The van der Waals surface area contributed by atoms with Gasteiger partial charge < -0.3 is 0 Å². The van der Waals surface area contributed by atoms with Crippen molar-refractivity contribution >= 4 is 0 Å². The summed E-state index contributed by atoms with van der Waals surface area (Å²) in [5.74, 6) is 7.20. The second kappa shape index (κ2) is 1.62. The van der Waals surface area contributed by atoms with Crippen molar-refractivity contribution in [3.05, 3.63) is 0 Å². The standard InChI is InChI=1S/C14H20/c1-13(7-3-4-7)9-10(13)12-11(9)14(12,2)8-5-6-8/h7-12H,3-6H2,1-2H3. The van der Waals surface area contributed by atoms with Crippen LogP contribution in [-0.2, 0) is 0 Å². The molecule has 0 heteroatoms. The van der Waals surface area contributed by atoms with Crippen molar-refractivity contribution in [3.8, 4) is 0 Å². The van der Waals surface area contributed by atoms with E-state index < -0.39 is 0 Å². The highest BCUT2D eigenvalue weighted by atomic mass is 15.0. The highest BCUT2D eigenvalue weighted by Gasteiger charge is 2.93. The smallest absolute Gasteiger partial charge is 0.0229 e. The molecule has 5 rings (SSSR count). The third-order valence-electron chi connectivity index (χ3n) is 7.12. The summed E-state index contributed by atoms with van der Waals surface area (Å²) in [7, 11) is 0. The van der Waals surface area contributed by atoms with Gasteiger partial charge >= 0.3 is 0 Å². The first kappa shape index (κ1) is 7.30. The van der Waals surface area contributed by atoms with Gasteiger partial charge in [0.25, 0.3) is 0 Å². The van der Waals surface area contributed by atoms with E-state index in [0.29, 0.717) is 0 Å². The Morgan fingerprint density at radius 3 is 1.14 bits per heavy atom. The third-order valence-corrected chi connectivity index (χ3v) is 7.12. The van der Waals surface area contributed by atoms with Crippen molar-refractivity contribution in [2.24, 2.45) is 46.3 Å². The molecule has 0 amide bonds. The Bertz CT molecular complexity index is 276. The van der Waals surface area contributed by atoms with E-state index in [1.165, 1.54) is 35.5 Å². The largest absolute Gasteiger partial charge is 0.0588 e. The van der Waals surface area contributed by atoms with Crippen LogP contribution in [0.25, 0.3) is 0 Å². The van der Waals surface area contributed by atoms with Crippen LogP contribution in [0.4, 0.5) is 0 Å². The lowest BCUT2D eigenvalue weighted by Gasteiger charge is -2.14. The molecule has 0 unspecified atom stereocenters. The maximum absolute atomic E-state index is 2.62. The summed E-state index contributed by atoms with van der Waals surface area (Å²) in [5.41, 5.74) is 1.76. The molecule has 0 radical (unpaired) electrons. The van der Waals surface area contributed by atoms with Gasteiger partial charge in [-0.05, 0) is 72.0 Å². The van der Waals surface area contributed by atoms with Crippen LogP contribution >= 0.6 is 0 Å². The van der Waals surface area contributed by atoms with Crippen LogP contribution in [0, 0.1) is 46.3 Å². The Balaban J connectivity index is 1.46. The van der Waals surface area contributed by atoms with Gasteiger partial charge in [-0.2, -0.15) is 0 Å². The molecule has 0 bridgehead atoms. The van der Waals surface area contributed by atoms with E-state index in [0.717, 1.165) is 10.8 Å². The van der Waals surface area contributed by atoms with Gasteiger partial charge in [0.05, 0.1) is 0 Å². The molecule has 0 spiro atoms. The predicted octanol–water partition coefficient (Wildman–Crippen LogP) is 3.32. The summed E-state index contributed by atoms with van der Waals surface area (Å²) in [6.45, 7) is 5.25. The molecular weight excluding hydrogens is 168 g/mol. The van der Waals surface area contributed by atoms with Gasteiger partial charge in [-0.15, -0.1) is 0 Å². The number of fused-ring (bicyclic) bond motifs is 4. The van der Waals surface area contributed by atoms with Crippen molar-refractivity contribution in [1.82, 2.24) is 0 Å². The average Bonchev–Trinajstić information content (AvgIpc) is 2.92. The molecule has 0 aromatic rings. The number of hydrogen-bond acceptors (Lipinski definition) is 0. The van der Waals surface area contributed by atoms with Gasteiger partial charge in [-0.25, -0.2) is 0 Å². The van der Waals surface area contributed by atoms with Gasteiger partial charge in [0, 0.05) is 0 Å². The van der Waals surface area contributed by atoms with E-state index in [2.05, 4.69) is 13.8 Å². The molecule has 0 aromatic carbocycles. The fraction of sp³-hybridized carbons (Fsp3) is 1.00. The highest BCUT2D eigenvalue weighted by Crippen LogP contribution is 2.97. The maximum Gasteiger partial charge on any atom is -0.0229 e. The zero-order valence-corrected chi connectivity index (χ0v) is 9.29. The quantitative estimate of drug-likeness (QED) is 0.623. The number of rotatable bonds is 2. The second-order valence-corrected chi connectivity index (χ2v) is 7.38. The molecule has 0 saturated heterocycles. The van der Waals surface area contributed by atoms with E-state index in [4.69, 9.17) is 0 Å². The Hall–Kier alpha value is 0. The fourth-order valence-corrected chi connectivity index (χ4v) is 6.00. The zero-order valence-electron chi connectivity index (χ0n) is 9.29. The van der Waals surface area contributed by atoms with E-state index in [1.807, 2.05) is 0 Å². The Morgan fingerprint density at radius 1 is 0.643 bits per heavy atom. The second-order valence-electron chi connectivity index (χ2n) is 7.38. The summed E-state index contributed by atoms with van der Waals surface area (Å²) in [6.07, 6.45) is 6.29. The minimum absolute atomic E-state index is 0.879. The van der Waals surface area contributed by atoms with Crippen molar-refractivity contribution in [3.63, 3.8) is 0 Å². The van der Waals surface area contributed by atoms with E-state index in [-0.39, 0.29) is 0 Å². The lowest BCUT2D eigenvalue weighted by Crippen LogP contribution is -2.09. The minimum Gasteiger partial charge on any atom is -0.0588 e. The van der Waals surface area contributed by atoms with E-state index >= 15 is 0 Å². The lowest BCUT2D eigenvalue weighted by molar-refractivity contribution is 0.337. The van der Waals surface area contributed by atoms with Crippen LogP contribution in [0.1, 0.15) is 39.5 Å². The monoisotopic (exact) mass is 188 g/mol. The third kappa shape index (κ3) is 0.498. The highest BCUT2D eigenvalue weighted by molar-refractivity contribution is 5.40. The van der Waals surface area contributed by atoms with Crippen molar-refractivity contribution in [2.75, 3.05) is 0 Å². The molecule has 0 N–H and O–H groups in total. The molecule has 5 aliphatic rings. The Morgan fingerprint density at radius 2 is 0.929 bits per heavy atom. The first-order chi connectivity index (χ1) is 6.70. The van der Waals surface area contributed by atoms with Crippen LogP contribution < -0.4 is 0 Å². The fourth-order valence-electron chi connectivity index (χ4n) is 6.00. The van der Waals surface area contributed by atoms with Gasteiger partial charge in [-0.3, -0.25) is 0 Å². The number of hydrogen-bond donors (Lipinski definition) is 0. The average molecular weight is 188 g/mol. The van der Waals surface area contributed by atoms with Gasteiger partial charge in [0.15, 0.2) is 0 Å².